The monoisotopic (exact) mass is 435 g/mol. The Morgan fingerprint density at radius 1 is 0.844 bits per heavy atom. The third-order valence-corrected chi connectivity index (χ3v) is 6.37. The summed E-state index contributed by atoms with van der Waals surface area (Å²) in [7, 11) is 1.77. The van der Waals surface area contributed by atoms with Gasteiger partial charge in [0.15, 0.2) is 0 Å². The van der Waals surface area contributed by atoms with Gasteiger partial charge in [-0.15, -0.1) is 0 Å². The predicted octanol–water partition coefficient (Wildman–Crippen LogP) is 2.10. The molecule has 2 aromatic rings. The van der Waals surface area contributed by atoms with Crippen molar-refractivity contribution in [1.82, 2.24) is 19.5 Å². The van der Waals surface area contributed by atoms with Gasteiger partial charge in [0.05, 0.1) is 0 Å². The summed E-state index contributed by atoms with van der Waals surface area (Å²) in [5, 5.41) is 4.95. The van der Waals surface area contributed by atoms with E-state index in [4.69, 9.17) is 0 Å². The summed E-state index contributed by atoms with van der Waals surface area (Å²) in [6, 6.07) is 13.7. The zero-order chi connectivity index (χ0) is 22.2. The number of halogens is 1. The maximum atomic E-state index is 13.1. The first-order valence-electron chi connectivity index (χ1n) is 11.0. The van der Waals surface area contributed by atoms with Crippen LogP contribution < -0.4 is 15.8 Å². The van der Waals surface area contributed by atoms with Crippen LogP contribution in [0.2, 0.25) is 0 Å². The van der Waals surface area contributed by atoms with Gasteiger partial charge >= 0.3 is 0 Å². The van der Waals surface area contributed by atoms with Gasteiger partial charge in [0.2, 0.25) is 10.9 Å². The van der Waals surface area contributed by atoms with Crippen molar-refractivity contribution in [2.75, 3.05) is 37.6 Å². The van der Waals surface area contributed by atoms with E-state index in [1.807, 2.05) is 12.1 Å². The molecule has 5 rings (SSSR count). The maximum absolute atomic E-state index is 13.1. The lowest BCUT2D eigenvalue weighted by Gasteiger charge is -2.36. The van der Waals surface area contributed by atoms with Crippen molar-refractivity contribution in [3.8, 4) is 0 Å². The number of fused-ring (bicyclic) bond motifs is 1. The van der Waals surface area contributed by atoms with Gasteiger partial charge < -0.3 is 4.90 Å². The maximum Gasteiger partial charge on any atom is 0.214 e. The molecule has 2 heterocycles. The molecule has 0 unspecified atom stereocenters. The van der Waals surface area contributed by atoms with Gasteiger partial charge in [0.1, 0.15) is 16.5 Å². The molecular formula is C24H26FN5O2. The van der Waals surface area contributed by atoms with Crippen LogP contribution in [0.5, 0.6) is 0 Å². The molecule has 32 heavy (non-hydrogen) atoms. The van der Waals surface area contributed by atoms with E-state index in [1.165, 1.54) is 12.1 Å². The first-order chi connectivity index (χ1) is 15.5. The molecule has 8 heteroatoms. The number of benzene rings is 2. The molecule has 3 aliphatic rings. The van der Waals surface area contributed by atoms with Gasteiger partial charge in [-0.3, -0.25) is 23.9 Å². The van der Waals surface area contributed by atoms with Crippen molar-refractivity contribution < 1.29 is 4.39 Å². The lowest BCUT2D eigenvalue weighted by Crippen LogP contribution is -2.46. The van der Waals surface area contributed by atoms with Crippen LogP contribution in [0.25, 0.3) is 10.8 Å². The summed E-state index contributed by atoms with van der Waals surface area (Å²) in [5.41, 5.74) is 0.820. The molecule has 166 valence electrons. The van der Waals surface area contributed by atoms with Crippen molar-refractivity contribution in [3.63, 3.8) is 0 Å². The van der Waals surface area contributed by atoms with Crippen molar-refractivity contribution in [2.45, 2.75) is 13.0 Å². The highest BCUT2D eigenvalue weighted by atomic mass is 19.1. The van der Waals surface area contributed by atoms with Crippen LogP contribution in [0, 0.1) is 16.5 Å². The van der Waals surface area contributed by atoms with E-state index >= 15 is 0 Å². The molecule has 0 radical (unpaired) electrons. The van der Waals surface area contributed by atoms with Gasteiger partial charge in [-0.05, 0) is 30.7 Å². The molecule has 0 aromatic heterocycles. The Kier molecular flexibility index (Phi) is 5.30. The number of piperazine rings is 1. The molecule has 1 fully saturated rings. The van der Waals surface area contributed by atoms with E-state index in [1.54, 1.807) is 40.7 Å². The molecule has 0 bridgehead atoms. The molecule has 7 nitrogen and oxygen atoms in total. The van der Waals surface area contributed by atoms with E-state index in [0.29, 0.717) is 28.0 Å². The van der Waals surface area contributed by atoms with Gasteiger partial charge in [0, 0.05) is 62.8 Å². The Morgan fingerprint density at radius 3 is 2.12 bits per heavy atom. The molecule has 0 saturated carbocycles. The van der Waals surface area contributed by atoms with E-state index in [9.17, 15) is 14.0 Å². The second-order valence-electron chi connectivity index (χ2n) is 8.37. The van der Waals surface area contributed by atoms with Gasteiger partial charge in [-0.25, -0.2) is 9.60 Å². The SMILES string of the molecule is Cn1[nH]n(CCCN2CCN(c3ccc(F)cc3)CC2)c2c(=O)c3ccccc3c(=O)c1=2. The topological polar surface area (TPSA) is 66.3 Å². The van der Waals surface area contributed by atoms with E-state index in [-0.39, 0.29) is 16.7 Å². The van der Waals surface area contributed by atoms with E-state index < -0.39 is 0 Å². The second kappa shape index (κ2) is 8.27. The summed E-state index contributed by atoms with van der Waals surface area (Å²) < 4.78 is 16.6. The number of H-pyrrole nitrogens is 1. The Labute approximate surface area is 183 Å². The minimum absolute atomic E-state index is 0.111. The van der Waals surface area contributed by atoms with Gasteiger partial charge in [-0.2, -0.15) is 0 Å². The largest absolute Gasteiger partial charge is 0.369 e. The van der Waals surface area contributed by atoms with Crippen LogP contribution in [0.3, 0.4) is 0 Å². The number of anilines is 1. The first-order valence-corrected chi connectivity index (χ1v) is 11.0. The third kappa shape index (κ3) is 3.60. The van der Waals surface area contributed by atoms with Crippen LogP contribution in [0.1, 0.15) is 6.42 Å². The Hall–Kier alpha value is -3.39. The predicted molar refractivity (Wildman–Crippen MR) is 123 cm³/mol. The number of aryl methyl sites for hydroxylation is 2. The number of nitrogens with zero attached hydrogens (tertiary/aromatic N) is 4. The molecule has 0 amide bonds. The number of hydrogen-bond donors (Lipinski definition) is 1. The molecule has 1 saturated heterocycles. The van der Waals surface area contributed by atoms with Gasteiger partial charge in [-0.1, -0.05) is 24.3 Å². The lowest BCUT2D eigenvalue weighted by atomic mass is 10.1. The van der Waals surface area contributed by atoms with Gasteiger partial charge in [0.25, 0.3) is 0 Å². The fraction of sp³-hybridized carbons (Fsp3) is 0.333. The highest BCUT2D eigenvalue weighted by Gasteiger charge is 2.18. The van der Waals surface area contributed by atoms with Crippen LogP contribution in [0.4, 0.5) is 10.1 Å². The number of rotatable bonds is 5. The number of aromatic nitrogens is 3. The Balaban J connectivity index is 1.28. The summed E-state index contributed by atoms with van der Waals surface area (Å²) >= 11 is 0. The minimum atomic E-state index is -0.214. The number of nitrogens with one attached hydrogen (secondary N) is 1. The fourth-order valence-corrected chi connectivity index (χ4v) is 4.69. The molecule has 1 N–H and O–H groups in total. The normalized spacial score (nSPS) is 15.1. The van der Waals surface area contributed by atoms with Crippen LogP contribution in [-0.2, 0) is 13.6 Å². The molecule has 2 aliphatic heterocycles. The molecule has 1 aliphatic carbocycles. The summed E-state index contributed by atoms with van der Waals surface area (Å²) in [4.78, 5) is 30.7. The summed E-state index contributed by atoms with van der Waals surface area (Å²) in [5.74, 6) is -0.214. The zero-order valence-corrected chi connectivity index (χ0v) is 18.1. The fourth-order valence-electron chi connectivity index (χ4n) is 4.69. The van der Waals surface area contributed by atoms with E-state index in [2.05, 4.69) is 15.0 Å². The molecule has 0 spiro atoms. The molecular weight excluding hydrogens is 409 g/mol. The van der Waals surface area contributed by atoms with Crippen LogP contribution >= 0.6 is 0 Å². The average molecular weight is 436 g/mol. The quantitative estimate of drug-likeness (QED) is 0.522. The standard InChI is InChI=1S/C24H26FN5O2/c1-27-21-22(24(32)20-6-3-2-5-19(20)23(21)31)30(26-27)12-4-11-28-13-15-29(16-14-28)18-9-7-17(25)8-10-18/h2-3,5-10,26H,4,11-16H2,1H3. The van der Waals surface area contributed by atoms with Crippen molar-refractivity contribution >= 4 is 16.5 Å². The van der Waals surface area contributed by atoms with Crippen molar-refractivity contribution in [1.29, 1.82) is 0 Å². The summed E-state index contributed by atoms with van der Waals surface area (Å²) in [6.07, 6.45) is 0.858. The third-order valence-electron chi connectivity index (χ3n) is 6.37. The smallest absolute Gasteiger partial charge is 0.214 e. The molecule has 2 aromatic carbocycles. The van der Waals surface area contributed by atoms with Crippen LogP contribution in [-0.4, -0.2) is 52.2 Å². The Morgan fingerprint density at radius 2 is 1.47 bits per heavy atom. The average Bonchev–Trinajstić information content (AvgIpc) is 3.15. The highest BCUT2D eigenvalue weighted by molar-refractivity contribution is 5.81. The zero-order valence-electron chi connectivity index (χ0n) is 18.1. The minimum Gasteiger partial charge on any atom is -0.369 e. The summed E-state index contributed by atoms with van der Waals surface area (Å²) in [6.45, 7) is 5.20. The number of aromatic amines is 1. The lowest BCUT2D eigenvalue weighted by molar-refractivity contribution is 0.248. The Bertz CT molecular complexity index is 1430. The number of hydrogen-bond acceptors (Lipinski definition) is 4. The highest BCUT2D eigenvalue weighted by Crippen LogP contribution is 2.17. The van der Waals surface area contributed by atoms with Crippen LogP contribution in [0.15, 0.2) is 58.1 Å². The molecule has 0 atom stereocenters. The van der Waals surface area contributed by atoms with Crippen molar-refractivity contribution in [2.24, 2.45) is 7.05 Å². The first kappa shape index (κ1) is 20.5. The second-order valence-corrected chi connectivity index (χ2v) is 8.37. The van der Waals surface area contributed by atoms with E-state index in [0.717, 1.165) is 44.8 Å². The van der Waals surface area contributed by atoms with Crippen molar-refractivity contribution in [3.05, 3.63) is 85.5 Å².